The Balaban J connectivity index is 2.21. The standard InChI is InChI=1S/C10H16O3/c1-2-3-6-9(11)13-10-7-4-5-8-12-10/h9-11H,2,4-5,7-8H2,1H3. The van der Waals surface area contributed by atoms with Crippen LogP contribution in [0.2, 0.25) is 0 Å². The fraction of sp³-hybridized carbons (Fsp3) is 0.800. The lowest BCUT2D eigenvalue weighted by Gasteiger charge is -2.23. The molecule has 2 atom stereocenters. The molecule has 74 valence electrons. The normalized spacial score (nSPS) is 24.6. The third-order valence-corrected chi connectivity index (χ3v) is 1.82. The van der Waals surface area contributed by atoms with E-state index in [9.17, 15) is 5.11 Å². The average molecular weight is 184 g/mol. The molecule has 0 saturated carbocycles. The second-order valence-electron chi connectivity index (χ2n) is 2.96. The zero-order valence-corrected chi connectivity index (χ0v) is 7.95. The lowest BCUT2D eigenvalue weighted by Crippen LogP contribution is -2.27. The van der Waals surface area contributed by atoms with Gasteiger partial charge >= 0.3 is 0 Å². The smallest absolute Gasteiger partial charge is 0.222 e. The van der Waals surface area contributed by atoms with Crippen molar-refractivity contribution < 1.29 is 14.6 Å². The third-order valence-electron chi connectivity index (χ3n) is 1.82. The summed E-state index contributed by atoms with van der Waals surface area (Å²) in [5, 5.41) is 9.26. The van der Waals surface area contributed by atoms with Gasteiger partial charge in [0.15, 0.2) is 6.29 Å². The monoisotopic (exact) mass is 184 g/mol. The summed E-state index contributed by atoms with van der Waals surface area (Å²) in [6.07, 6.45) is 2.49. The molecular weight excluding hydrogens is 168 g/mol. The van der Waals surface area contributed by atoms with E-state index in [0.29, 0.717) is 0 Å². The van der Waals surface area contributed by atoms with Gasteiger partial charge in [0, 0.05) is 13.0 Å². The molecule has 1 aliphatic rings. The van der Waals surface area contributed by atoms with E-state index in [1.54, 1.807) is 0 Å². The highest BCUT2D eigenvalue weighted by Gasteiger charge is 2.16. The SMILES string of the molecule is CCC#CC(O)OC1CCCCO1. The molecule has 1 fully saturated rings. The van der Waals surface area contributed by atoms with E-state index in [-0.39, 0.29) is 6.29 Å². The van der Waals surface area contributed by atoms with Gasteiger partial charge in [-0.05, 0) is 25.2 Å². The minimum atomic E-state index is -0.997. The highest BCUT2D eigenvalue weighted by molar-refractivity contribution is 5.00. The van der Waals surface area contributed by atoms with E-state index in [0.717, 1.165) is 32.3 Å². The quantitative estimate of drug-likeness (QED) is 0.518. The number of aliphatic hydroxyl groups is 1. The van der Waals surface area contributed by atoms with Gasteiger partial charge < -0.3 is 14.6 Å². The van der Waals surface area contributed by atoms with Crippen molar-refractivity contribution in [2.45, 2.75) is 45.2 Å². The molecule has 0 amide bonds. The first-order valence-corrected chi connectivity index (χ1v) is 4.76. The lowest BCUT2D eigenvalue weighted by molar-refractivity contribution is -0.220. The summed E-state index contributed by atoms with van der Waals surface area (Å²) in [5.41, 5.74) is 0. The number of hydrogen-bond donors (Lipinski definition) is 1. The van der Waals surface area contributed by atoms with Crippen LogP contribution in [0.4, 0.5) is 0 Å². The van der Waals surface area contributed by atoms with Gasteiger partial charge in [-0.2, -0.15) is 0 Å². The van der Waals surface area contributed by atoms with E-state index < -0.39 is 6.29 Å². The maximum absolute atomic E-state index is 9.26. The molecule has 13 heavy (non-hydrogen) atoms. The first-order chi connectivity index (χ1) is 6.33. The average Bonchev–Trinajstić information content (AvgIpc) is 2.16. The van der Waals surface area contributed by atoms with Crippen LogP contribution in [0.15, 0.2) is 0 Å². The first kappa shape index (κ1) is 10.5. The van der Waals surface area contributed by atoms with Crippen LogP contribution in [0.1, 0.15) is 32.6 Å². The molecule has 0 bridgehead atoms. The molecule has 0 aromatic heterocycles. The largest absolute Gasteiger partial charge is 0.358 e. The molecular formula is C10H16O3. The van der Waals surface area contributed by atoms with Gasteiger partial charge in [-0.1, -0.05) is 12.8 Å². The van der Waals surface area contributed by atoms with Crippen LogP contribution >= 0.6 is 0 Å². The fourth-order valence-corrected chi connectivity index (χ4v) is 1.19. The highest BCUT2D eigenvalue weighted by atomic mass is 16.7. The van der Waals surface area contributed by atoms with Crippen LogP contribution in [-0.2, 0) is 9.47 Å². The van der Waals surface area contributed by atoms with Crippen LogP contribution in [-0.4, -0.2) is 24.3 Å². The number of ether oxygens (including phenoxy) is 2. The topological polar surface area (TPSA) is 38.7 Å². The van der Waals surface area contributed by atoms with Crippen molar-refractivity contribution in [1.29, 1.82) is 0 Å². The van der Waals surface area contributed by atoms with E-state index in [2.05, 4.69) is 11.8 Å². The van der Waals surface area contributed by atoms with Crippen molar-refractivity contribution in [2.24, 2.45) is 0 Å². The summed E-state index contributed by atoms with van der Waals surface area (Å²) in [6, 6.07) is 0. The zero-order valence-electron chi connectivity index (χ0n) is 7.95. The first-order valence-electron chi connectivity index (χ1n) is 4.76. The molecule has 1 aliphatic heterocycles. The molecule has 1 saturated heterocycles. The molecule has 0 radical (unpaired) electrons. The van der Waals surface area contributed by atoms with Crippen molar-refractivity contribution in [1.82, 2.24) is 0 Å². The Bertz CT molecular complexity index is 186. The Kier molecular flexibility index (Phi) is 4.84. The summed E-state index contributed by atoms with van der Waals surface area (Å²) >= 11 is 0. The molecule has 0 spiro atoms. The summed E-state index contributed by atoms with van der Waals surface area (Å²) in [5.74, 6) is 5.34. The van der Waals surface area contributed by atoms with E-state index in [1.165, 1.54) is 0 Å². The Morgan fingerprint density at radius 2 is 2.46 bits per heavy atom. The van der Waals surface area contributed by atoms with Crippen LogP contribution in [0.3, 0.4) is 0 Å². The third kappa shape index (κ3) is 4.28. The maximum Gasteiger partial charge on any atom is 0.222 e. The van der Waals surface area contributed by atoms with Crippen LogP contribution < -0.4 is 0 Å². The minimum Gasteiger partial charge on any atom is -0.358 e. The van der Waals surface area contributed by atoms with Crippen molar-refractivity contribution >= 4 is 0 Å². The molecule has 1 rings (SSSR count). The van der Waals surface area contributed by atoms with Gasteiger partial charge in [0.1, 0.15) is 0 Å². The molecule has 0 aliphatic carbocycles. The van der Waals surface area contributed by atoms with E-state index in [4.69, 9.17) is 9.47 Å². The predicted molar refractivity (Wildman–Crippen MR) is 48.7 cm³/mol. The van der Waals surface area contributed by atoms with Crippen LogP contribution in [0.5, 0.6) is 0 Å². The molecule has 0 aromatic rings. The van der Waals surface area contributed by atoms with Gasteiger partial charge in [0.05, 0.1) is 0 Å². The fourth-order valence-electron chi connectivity index (χ4n) is 1.19. The second kappa shape index (κ2) is 5.98. The molecule has 0 aromatic carbocycles. The van der Waals surface area contributed by atoms with Crippen molar-refractivity contribution in [2.75, 3.05) is 6.61 Å². The number of rotatable bonds is 2. The second-order valence-corrected chi connectivity index (χ2v) is 2.96. The van der Waals surface area contributed by atoms with Gasteiger partial charge in [-0.15, -0.1) is 0 Å². The highest BCUT2D eigenvalue weighted by Crippen LogP contribution is 2.14. The molecule has 1 N–H and O–H groups in total. The molecule has 2 unspecified atom stereocenters. The Morgan fingerprint density at radius 1 is 1.62 bits per heavy atom. The summed E-state index contributed by atoms with van der Waals surface area (Å²) in [4.78, 5) is 0. The Hall–Kier alpha value is -0.560. The maximum atomic E-state index is 9.26. The predicted octanol–water partition coefficient (Wildman–Crippen LogP) is 1.26. The number of hydrogen-bond acceptors (Lipinski definition) is 3. The van der Waals surface area contributed by atoms with Gasteiger partial charge in [-0.3, -0.25) is 0 Å². The lowest BCUT2D eigenvalue weighted by atomic mass is 10.2. The van der Waals surface area contributed by atoms with Crippen molar-refractivity contribution in [3.05, 3.63) is 0 Å². The van der Waals surface area contributed by atoms with Crippen molar-refractivity contribution in [3.8, 4) is 11.8 Å². The Labute approximate surface area is 79.0 Å². The summed E-state index contributed by atoms with van der Waals surface area (Å²) in [6.45, 7) is 2.65. The van der Waals surface area contributed by atoms with Crippen LogP contribution in [0, 0.1) is 11.8 Å². The molecule has 1 heterocycles. The molecule has 3 heteroatoms. The van der Waals surface area contributed by atoms with Crippen LogP contribution in [0.25, 0.3) is 0 Å². The van der Waals surface area contributed by atoms with E-state index in [1.807, 2.05) is 6.92 Å². The Morgan fingerprint density at radius 3 is 3.08 bits per heavy atom. The summed E-state index contributed by atoms with van der Waals surface area (Å²) in [7, 11) is 0. The van der Waals surface area contributed by atoms with Gasteiger partial charge in [0.2, 0.25) is 6.29 Å². The van der Waals surface area contributed by atoms with Crippen molar-refractivity contribution in [3.63, 3.8) is 0 Å². The zero-order chi connectivity index (χ0) is 9.52. The molecule has 3 nitrogen and oxygen atoms in total. The van der Waals surface area contributed by atoms with Gasteiger partial charge in [0.25, 0.3) is 0 Å². The van der Waals surface area contributed by atoms with Gasteiger partial charge in [-0.25, -0.2) is 0 Å². The minimum absolute atomic E-state index is 0.269. The number of aliphatic hydroxyl groups excluding tert-OH is 1. The van der Waals surface area contributed by atoms with E-state index >= 15 is 0 Å². The summed E-state index contributed by atoms with van der Waals surface area (Å²) < 4.78 is 10.4.